The fourth-order valence-corrected chi connectivity index (χ4v) is 7.47. The summed E-state index contributed by atoms with van der Waals surface area (Å²) in [7, 11) is 0. The summed E-state index contributed by atoms with van der Waals surface area (Å²) in [5.74, 6) is 0. The molecular formula is C42H79O3STi. The van der Waals surface area contributed by atoms with Crippen LogP contribution in [-0.2, 0) is 42.1 Å². The first kappa shape index (κ1) is 47.0. The van der Waals surface area contributed by atoms with E-state index in [2.05, 4.69) is 32.9 Å². The molecule has 275 valence electrons. The number of aryl methyl sites for hydroxylation is 1. The van der Waals surface area contributed by atoms with Gasteiger partial charge in [-0.3, -0.25) is 0 Å². The molecule has 0 amide bonds. The predicted octanol–water partition coefficient (Wildman–Crippen LogP) is 15.0. The van der Waals surface area contributed by atoms with E-state index in [-0.39, 0.29) is 0 Å². The van der Waals surface area contributed by atoms with Crippen LogP contribution in [0.3, 0.4) is 0 Å². The third-order valence-corrected chi connectivity index (χ3v) is 10.5. The molecule has 47 heavy (non-hydrogen) atoms. The number of hydrogen-bond acceptors (Lipinski definition) is 3. The standard InChI is InChI=1S/C42H78OS.H2O.O.Ti/c1-4-7-10-13-16-19-22-25-28-31-34-39-37-38-42(44-43)41(36-33-30-27-24-21-18-15-12-9-6-3)40(39)35-32-29-26-23-20-17-14-11-8-5-2;;;/h37-38,43H,4-36H2,1-3H3;1H2;;/q;;;+1/p-1. The van der Waals surface area contributed by atoms with E-state index in [0.717, 1.165) is 23.4 Å². The second kappa shape index (κ2) is 38.8. The van der Waals surface area contributed by atoms with E-state index in [4.69, 9.17) is 7.01 Å². The van der Waals surface area contributed by atoms with Crippen molar-refractivity contribution < 1.29 is 31.1 Å². The quantitative estimate of drug-likeness (QED) is 0.0424. The van der Waals surface area contributed by atoms with Gasteiger partial charge in [0.15, 0.2) is 0 Å². The van der Waals surface area contributed by atoms with E-state index in [0.29, 0.717) is 0 Å². The molecule has 0 saturated carbocycles. The summed E-state index contributed by atoms with van der Waals surface area (Å²) < 4.78 is 26.0. The Balaban J connectivity index is 0.00000677. The van der Waals surface area contributed by atoms with Crippen molar-refractivity contribution in [3.05, 3.63) is 28.8 Å². The SMILES string of the molecule is CCCCCCCCCCCCc1ccc(SO)c(CCCCCCCCCCCC)c1CCCCCCCCCCCC.[O]=[Ti][OH]. The van der Waals surface area contributed by atoms with Gasteiger partial charge in [0.2, 0.25) is 0 Å². The van der Waals surface area contributed by atoms with Crippen molar-refractivity contribution in [2.45, 2.75) is 238 Å². The van der Waals surface area contributed by atoms with Crippen molar-refractivity contribution in [1.82, 2.24) is 0 Å². The van der Waals surface area contributed by atoms with Crippen molar-refractivity contribution in [3.8, 4) is 0 Å². The summed E-state index contributed by atoms with van der Waals surface area (Å²) in [5, 5.41) is 0. The summed E-state index contributed by atoms with van der Waals surface area (Å²) >= 11 is -0.748. The van der Waals surface area contributed by atoms with Crippen LogP contribution < -0.4 is 0 Å². The Morgan fingerprint density at radius 1 is 0.447 bits per heavy atom. The van der Waals surface area contributed by atoms with E-state index in [9.17, 15) is 4.55 Å². The topological polar surface area (TPSA) is 57.5 Å². The Kier molecular flexibility index (Phi) is 38.8. The number of unbranched alkanes of at least 4 members (excludes halogenated alkanes) is 27. The van der Waals surface area contributed by atoms with Crippen molar-refractivity contribution in [1.29, 1.82) is 0 Å². The minimum absolute atomic E-state index is 1.00. The van der Waals surface area contributed by atoms with Gasteiger partial charge in [-0.1, -0.05) is 200 Å². The van der Waals surface area contributed by atoms with E-state index >= 15 is 0 Å². The van der Waals surface area contributed by atoms with Gasteiger partial charge >= 0.3 is 26.5 Å². The Labute approximate surface area is 308 Å². The Bertz CT molecular complexity index is 787. The molecule has 1 aromatic carbocycles. The molecule has 0 spiro atoms. The first-order valence-corrected chi connectivity index (χ1v) is 22.8. The maximum atomic E-state index is 10.2. The van der Waals surface area contributed by atoms with Gasteiger partial charge in [-0.15, -0.1) is 0 Å². The van der Waals surface area contributed by atoms with Gasteiger partial charge in [-0.25, -0.2) is 0 Å². The average Bonchev–Trinajstić information content (AvgIpc) is 3.08. The van der Waals surface area contributed by atoms with Crippen LogP contribution in [0.2, 0.25) is 0 Å². The molecule has 1 rings (SSSR count). The molecule has 0 aliphatic rings. The van der Waals surface area contributed by atoms with Crippen molar-refractivity contribution in [2.24, 2.45) is 0 Å². The number of benzene rings is 1. The van der Waals surface area contributed by atoms with Crippen molar-refractivity contribution in [3.63, 3.8) is 0 Å². The van der Waals surface area contributed by atoms with Crippen LogP contribution in [-0.4, -0.2) is 8.24 Å². The summed E-state index contributed by atoms with van der Waals surface area (Å²) in [4.78, 5) is 1.13. The van der Waals surface area contributed by atoms with Crippen LogP contribution in [0, 0.1) is 0 Å². The van der Waals surface area contributed by atoms with E-state index in [1.165, 1.54) is 211 Å². The Hall–Kier alpha value is 0.00429. The zero-order valence-corrected chi connectivity index (χ0v) is 34.1. The number of hydrogen-bond donors (Lipinski definition) is 2. The predicted molar refractivity (Wildman–Crippen MR) is 204 cm³/mol. The molecule has 0 fully saturated rings. The summed E-state index contributed by atoms with van der Waals surface area (Å²) in [6, 6.07) is 4.62. The molecule has 3 nitrogen and oxygen atoms in total. The van der Waals surface area contributed by atoms with Gasteiger partial charge in [0.1, 0.15) is 0 Å². The molecule has 5 heteroatoms. The van der Waals surface area contributed by atoms with Crippen molar-refractivity contribution >= 4 is 12.0 Å². The fraction of sp³-hybridized carbons (Fsp3) is 0.857. The van der Waals surface area contributed by atoms with Gasteiger partial charge in [0, 0.05) is 16.9 Å². The van der Waals surface area contributed by atoms with Gasteiger partial charge in [-0.2, -0.15) is 0 Å². The first-order valence-electron chi connectivity index (χ1n) is 20.7. The second-order valence-electron chi connectivity index (χ2n) is 14.2. The summed E-state index contributed by atoms with van der Waals surface area (Å²) in [5.41, 5.74) is 4.72. The monoisotopic (exact) mass is 712 g/mol. The molecule has 0 atom stereocenters. The fourth-order valence-electron chi connectivity index (χ4n) is 7.01. The first-order chi connectivity index (χ1) is 23.2. The van der Waals surface area contributed by atoms with E-state index in [1.807, 2.05) is 0 Å². The van der Waals surface area contributed by atoms with E-state index in [1.54, 1.807) is 11.1 Å². The van der Waals surface area contributed by atoms with Crippen LogP contribution in [0.25, 0.3) is 0 Å². The molecular weight excluding hydrogens is 632 g/mol. The molecule has 0 aromatic heterocycles. The minimum atomic E-state index is -1.75. The van der Waals surface area contributed by atoms with Gasteiger partial charge in [0.25, 0.3) is 0 Å². The third-order valence-electron chi connectivity index (χ3n) is 9.94. The molecule has 0 bridgehead atoms. The van der Waals surface area contributed by atoms with Gasteiger partial charge in [0.05, 0.1) is 0 Å². The van der Waals surface area contributed by atoms with E-state index < -0.39 is 19.5 Å². The molecule has 1 aromatic rings. The Morgan fingerprint density at radius 3 is 1.04 bits per heavy atom. The molecule has 0 radical (unpaired) electrons. The molecule has 0 aliphatic carbocycles. The van der Waals surface area contributed by atoms with Crippen LogP contribution >= 0.6 is 12.0 Å². The molecule has 2 N–H and O–H groups in total. The van der Waals surface area contributed by atoms with Gasteiger partial charge < -0.3 is 4.55 Å². The van der Waals surface area contributed by atoms with Crippen LogP contribution in [0.4, 0.5) is 0 Å². The Morgan fingerprint density at radius 2 is 0.723 bits per heavy atom. The maximum absolute atomic E-state index is 10.2. The number of rotatable bonds is 34. The van der Waals surface area contributed by atoms with Crippen LogP contribution in [0.15, 0.2) is 17.0 Å². The molecule has 0 aliphatic heterocycles. The zero-order chi connectivity index (χ0) is 34.5. The molecule has 0 unspecified atom stereocenters. The second-order valence-corrected chi connectivity index (χ2v) is 15.1. The summed E-state index contributed by atoms with van der Waals surface area (Å²) in [6.07, 6.45) is 45.4. The van der Waals surface area contributed by atoms with Crippen LogP contribution in [0.5, 0.6) is 0 Å². The molecule has 0 saturated heterocycles. The zero-order valence-electron chi connectivity index (χ0n) is 31.7. The molecule has 0 heterocycles. The van der Waals surface area contributed by atoms with Gasteiger partial charge in [-0.05, 0) is 61.3 Å². The average molecular weight is 712 g/mol. The normalized spacial score (nSPS) is 11.0. The van der Waals surface area contributed by atoms with Crippen molar-refractivity contribution in [2.75, 3.05) is 0 Å². The van der Waals surface area contributed by atoms with Crippen LogP contribution in [0.1, 0.15) is 230 Å². The summed E-state index contributed by atoms with van der Waals surface area (Å²) in [6.45, 7) is 6.91. The third kappa shape index (κ3) is 29.4.